The van der Waals surface area contributed by atoms with Gasteiger partial charge in [0.25, 0.3) is 0 Å². The molecular weight excluding hydrogens is 222 g/mol. The molecule has 0 aromatic heterocycles. The van der Waals surface area contributed by atoms with Gasteiger partial charge in [-0.1, -0.05) is 18.2 Å². The Labute approximate surface area is 99.7 Å². The Morgan fingerprint density at radius 1 is 1.35 bits per heavy atom. The van der Waals surface area contributed by atoms with Crippen LogP contribution in [0.1, 0.15) is 25.0 Å². The molecule has 17 heavy (non-hydrogen) atoms. The van der Waals surface area contributed by atoms with Gasteiger partial charge in [-0.15, -0.1) is 0 Å². The van der Waals surface area contributed by atoms with Gasteiger partial charge in [-0.25, -0.2) is 0 Å². The topological polar surface area (TPSA) is 89.8 Å². The molecule has 0 spiro atoms. The molecule has 1 amide bonds. The van der Waals surface area contributed by atoms with Crippen molar-refractivity contribution < 1.29 is 20.1 Å². The van der Waals surface area contributed by atoms with Crippen molar-refractivity contribution in [2.24, 2.45) is 0 Å². The molecule has 0 saturated heterocycles. The summed E-state index contributed by atoms with van der Waals surface area (Å²) in [7, 11) is 0. The molecule has 94 valence electrons. The SMILES string of the molecule is CC(=O)Nc1ccccc1C(O)C(O)CCO. The van der Waals surface area contributed by atoms with Crippen LogP contribution >= 0.6 is 0 Å². The molecule has 0 fully saturated rings. The summed E-state index contributed by atoms with van der Waals surface area (Å²) in [5.41, 5.74) is 0.896. The van der Waals surface area contributed by atoms with Gasteiger partial charge in [0.05, 0.1) is 6.10 Å². The lowest BCUT2D eigenvalue weighted by atomic mass is 10.0. The molecule has 1 aromatic carbocycles. The van der Waals surface area contributed by atoms with Gasteiger partial charge in [-0.05, 0) is 12.5 Å². The van der Waals surface area contributed by atoms with Crippen LogP contribution in [0.4, 0.5) is 5.69 Å². The van der Waals surface area contributed by atoms with Crippen LogP contribution in [-0.2, 0) is 4.79 Å². The summed E-state index contributed by atoms with van der Waals surface area (Å²) in [6, 6.07) is 6.69. The number of aliphatic hydroxyl groups is 3. The van der Waals surface area contributed by atoms with Gasteiger partial charge in [0, 0.05) is 24.8 Å². The smallest absolute Gasteiger partial charge is 0.221 e. The molecule has 5 heteroatoms. The second-order valence-electron chi connectivity index (χ2n) is 3.79. The average Bonchev–Trinajstić information content (AvgIpc) is 2.28. The summed E-state index contributed by atoms with van der Waals surface area (Å²) >= 11 is 0. The molecule has 2 unspecified atom stereocenters. The van der Waals surface area contributed by atoms with Crippen molar-refractivity contribution in [2.45, 2.75) is 25.6 Å². The van der Waals surface area contributed by atoms with E-state index in [4.69, 9.17) is 5.11 Å². The largest absolute Gasteiger partial charge is 0.396 e. The standard InChI is InChI=1S/C12H17NO4/c1-8(15)13-10-5-3-2-4-9(10)12(17)11(16)6-7-14/h2-5,11-12,14,16-17H,6-7H2,1H3,(H,13,15). The van der Waals surface area contributed by atoms with Crippen molar-refractivity contribution >= 4 is 11.6 Å². The summed E-state index contributed by atoms with van der Waals surface area (Å²) in [6.07, 6.45) is -2.12. The van der Waals surface area contributed by atoms with Crippen LogP contribution in [0.15, 0.2) is 24.3 Å². The van der Waals surface area contributed by atoms with E-state index in [0.29, 0.717) is 11.3 Å². The Kier molecular flexibility index (Phi) is 5.09. The van der Waals surface area contributed by atoms with E-state index in [9.17, 15) is 15.0 Å². The first-order valence-electron chi connectivity index (χ1n) is 5.39. The van der Waals surface area contributed by atoms with Crippen LogP contribution in [-0.4, -0.2) is 33.9 Å². The molecule has 0 radical (unpaired) electrons. The maximum absolute atomic E-state index is 11.0. The van der Waals surface area contributed by atoms with Gasteiger partial charge in [0.15, 0.2) is 0 Å². The van der Waals surface area contributed by atoms with Crippen molar-refractivity contribution in [1.29, 1.82) is 0 Å². The number of benzene rings is 1. The number of amides is 1. The lowest BCUT2D eigenvalue weighted by Gasteiger charge is -2.20. The Balaban J connectivity index is 2.91. The minimum atomic E-state index is -1.13. The summed E-state index contributed by atoms with van der Waals surface area (Å²) < 4.78 is 0. The van der Waals surface area contributed by atoms with E-state index in [1.807, 2.05) is 0 Å². The van der Waals surface area contributed by atoms with Crippen molar-refractivity contribution in [3.05, 3.63) is 29.8 Å². The molecule has 1 rings (SSSR count). The van der Waals surface area contributed by atoms with Gasteiger partial charge < -0.3 is 20.6 Å². The Morgan fingerprint density at radius 2 is 2.00 bits per heavy atom. The van der Waals surface area contributed by atoms with Crippen LogP contribution in [0.5, 0.6) is 0 Å². The molecular formula is C12H17NO4. The Morgan fingerprint density at radius 3 is 2.59 bits per heavy atom. The van der Waals surface area contributed by atoms with E-state index in [2.05, 4.69) is 5.32 Å². The second kappa shape index (κ2) is 6.34. The number of rotatable bonds is 5. The zero-order valence-corrected chi connectivity index (χ0v) is 9.63. The molecule has 0 heterocycles. The first-order chi connectivity index (χ1) is 8.06. The van der Waals surface area contributed by atoms with Crippen LogP contribution in [0, 0.1) is 0 Å². The highest BCUT2D eigenvalue weighted by Gasteiger charge is 2.20. The highest BCUT2D eigenvalue weighted by molar-refractivity contribution is 5.89. The van der Waals surface area contributed by atoms with Crippen LogP contribution < -0.4 is 5.32 Å². The highest BCUT2D eigenvalue weighted by atomic mass is 16.3. The maximum Gasteiger partial charge on any atom is 0.221 e. The number of hydrogen-bond donors (Lipinski definition) is 4. The summed E-state index contributed by atoms with van der Waals surface area (Å²) in [4.78, 5) is 11.0. The maximum atomic E-state index is 11.0. The van der Waals surface area contributed by atoms with Crippen LogP contribution in [0.3, 0.4) is 0 Å². The second-order valence-corrected chi connectivity index (χ2v) is 3.79. The Hall–Kier alpha value is -1.43. The highest BCUT2D eigenvalue weighted by Crippen LogP contribution is 2.26. The normalized spacial score (nSPS) is 14.1. The monoisotopic (exact) mass is 239 g/mol. The third kappa shape index (κ3) is 3.81. The minimum absolute atomic E-state index is 0.0789. The Bertz CT molecular complexity index is 381. The van der Waals surface area contributed by atoms with Crippen LogP contribution in [0.2, 0.25) is 0 Å². The van der Waals surface area contributed by atoms with E-state index in [1.54, 1.807) is 24.3 Å². The van der Waals surface area contributed by atoms with Gasteiger partial charge in [-0.2, -0.15) is 0 Å². The molecule has 0 saturated carbocycles. The zero-order valence-electron chi connectivity index (χ0n) is 9.63. The van der Waals surface area contributed by atoms with Crippen molar-refractivity contribution in [2.75, 3.05) is 11.9 Å². The number of para-hydroxylation sites is 1. The predicted molar refractivity (Wildman–Crippen MR) is 63.4 cm³/mol. The minimum Gasteiger partial charge on any atom is -0.396 e. The third-order valence-corrected chi connectivity index (χ3v) is 2.38. The first-order valence-corrected chi connectivity index (χ1v) is 5.39. The van der Waals surface area contributed by atoms with Gasteiger partial charge >= 0.3 is 0 Å². The molecule has 0 aliphatic heterocycles. The van der Waals surface area contributed by atoms with E-state index < -0.39 is 12.2 Å². The van der Waals surface area contributed by atoms with Crippen molar-refractivity contribution in [3.63, 3.8) is 0 Å². The number of carbonyl (C=O) groups excluding carboxylic acids is 1. The molecule has 5 nitrogen and oxygen atoms in total. The lowest BCUT2D eigenvalue weighted by molar-refractivity contribution is -0.114. The van der Waals surface area contributed by atoms with E-state index in [-0.39, 0.29) is 18.9 Å². The number of anilines is 1. The van der Waals surface area contributed by atoms with Crippen molar-refractivity contribution in [3.8, 4) is 0 Å². The molecule has 0 aliphatic carbocycles. The fourth-order valence-corrected chi connectivity index (χ4v) is 1.56. The molecule has 2 atom stereocenters. The molecule has 0 bridgehead atoms. The van der Waals surface area contributed by atoms with Gasteiger partial charge in [0.1, 0.15) is 6.10 Å². The first kappa shape index (κ1) is 13.6. The lowest BCUT2D eigenvalue weighted by Crippen LogP contribution is -2.21. The van der Waals surface area contributed by atoms with E-state index in [0.717, 1.165) is 0 Å². The van der Waals surface area contributed by atoms with Gasteiger partial charge in [-0.3, -0.25) is 4.79 Å². The summed E-state index contributed by atoms with van der Waals surface area (Å²) in [6.45, 7) is 1.16. The summed E-state index contributed by atoms with van der Waals surface area (Å²) in [5, 5.41) is 30.8. The van der Waals surface area contributed by atoms with E-state index >= 15 is 0 Å². The number of carbonyl (C=O) groups is 1. The van der Waals surface area contributed by atoms with Crippen molar-refractivity contribution in [1.82, 2.24) is 0 Å². The molecule has 0 aliphatic rings. The number of hydrogen-bond acceptors (Lipinski definition) is 4. The zero-order chi connectivity index (χ0) is 12.8. The molecule has 4 N–H and O–H groups in total. The fraction of sp³-hybridized carbons (Fsp3) is 0.417. The van der Waals surface area contributed by atoms with Gasteiger partial charge in [0.2, 0.25) is 5.91 Å². The fourth-order valence-electron chi connectivity index (χ4n) is 1.56. The summed E-state index contributed by atoms with van der Waals surface area (Å²) in [5.74, 6) is -0.249. The van der Waals surface area contributed by atoms with E-state index in [1.165, 1.54) is 6.92 Å². The quantitative estimate of drug-likeness (QED) is 0.599. The average molecular weight is 239 g/mol. The van der Waals surface area contributed by atoms with Crippen LogP contribution in [0.25, 0.3) is 0 Å². The molecule has 1 aromatic rings. The predicted octanol–water partition coefficient (Wildman–Crippen LogP) is 0.422. The number of aliphatic hydroxyl groups excluding tert-OH is 3. The third-order valence-electron chi connectivity index (χ3n) is 2.38. The number of nitrogens with one attached hydrogen (secondary N) is 1.